The van der Waals surface area contributed by atoms with Gasteiger partial charge in [0.1, 0.15) is 12.4 Å². The van der Waals surface area contributed by atoms with Crippen molar-refractivity contribution in [2.75, 3.05) is 0 Å². The molecule has 0 bridgehead atoms. The summed E-state index contributed by atoms with van der Waals surface area (Å²) in [5.74, 6) is 5.60. The molecule has 0 unspecified atom stereocenters. The summed E-state index contributed by atoms with van der Waals surface area (Å²) in [6.07, 6.45) is 0. The van der Waals surface area contributed by atoms with Gasteiger partial charge in [-0.15, -0.1) is 0 Å². The van der Waals surface area contributed by atoms with E-state index < -0.39 is 0 Å². The second-order valence-corrected chi connectivity index (χ2v) is 5.17. The van der Waals surface area contributed by atoms with Crippen molar-refractivity contribution in [1.29, 1.82) is 0 Å². The molecule has 5 heteroatoms. The molecular formula is C14H13IN2O2. The molecule has 2 aromatic rings. The molecule has 0 aromatic heterocycles. The number of nitrogens with two attached hydrogens (primary N) is 1. The zero-order valence-electron chi connectivity index (χ0n) is 10.1. The van der Waals surface area contributed by atoms with E-state index >= 15 is 0 Å². The average Bonchev–Trinajstić information content (AvgIpc) is 2.45. The second kappa shape index (κ2) is 6.53. The first-order valence-electron chi connectivity index (χ1n) is 5.67. The van der Waals surface area contributed by atoms with E-state index in [-0.39, 0.29) is 5.91 Å². The van der Waals surface area contributed by atoms with E-state index in [0.29, 0.717) is 12.2 Å². The molecule has 0 fully saturated rings. The predicted molar refractivity (Wildman–Crippen MR) is 81.6 cm³/mol. The van der Waals surface area contributed by atoms with Crippen molar-refractivity contribution in [2.45, 2.75) is 6.61 Å². The maximum Gasteiger partial charge on any atom is 0.265 e. The van der Waals surface area contributed by atoms with Crippen LogP contribution in [0.2, 0.25) is 0 Å². The molecule has 2 rings (SSSR count). The third kappa shape index (κ3) is 3.93. The first-order valence-corrected chi connectivity index (χ1v) is 6.75. The number of ether oxygens (including phenoxy) is 1. The molecule has 0 heterocycles. The van der Waals surface area contributed by atoms with Crippen LogP contribution in [0.15, 0.2) is 48.5 Å². The highest BCUT2D eigenvalue weighted by Crippen LogP contribution is 2.16. The van der Waals surface area contributed by atoms with Crippen LogP contribution >= 0.6 is 22.6 Å². The van der Waals surface area contributed by atoms with Gasteiger partial charge in [-0.1, -0.05) is 18.2 Å². The minimum atomic E-state index is -0.309. The summed E-state index contributed by atoms with van der Waals surface area (Å²) >= 11 is 2.23. The van der Waals surface area contributed by atoms with E-state index in [2.05, 4.69) is 28.0 Å². The Morgan fingerprint density at radius 1 is 1.21 bits per heavy atom. The molecular weight excluding hydrogens is 355 g/mol. The van der Waals surface area contributed by atoms with Crippen molar-refractivity contribution >= 4 is 28.5 Å². The fourth-order valence-electron chi connectivity index (χ4n) is 1.61. The molecule has 3 N–H and O–H groups in total. The van der Waals surface area contributed by atoms with Crippen LogP contribution < -0.4 is 16.0 Å². The fourth-order valence-corrected chi connectivity index (χ4v) is 2.12. The molecule has 0 aliphatic heterocycles. The maximum absolute atomic E-state index is 11.4. The van der Waals surface area contributed by atoms with Gasteiger partial charge in [-0.25, -0.2) is 5.84 Å². The van der Waals surface area contributed by atoms with Crippen LogP contribution in [-0.2, 0) is 6.61 Å². The molecule has 0 aliphatic rings. The van der Waals surface area contributed by atoms with Crippen LogP contribution in [0.3, 0.4) is 0 Å². The monoisotopic (exact) mass is 368 g/mol. The predicted octanol–water partition coefficient (Wildman–Crippen LogP) is 2.47. The average molecular weight is 368 g/mol. The Balaban J connectivity index is 2.05. The number of carbonyl (C=O) groups is 1. The summed E-state index contributed by atoms with van der Waals surface area (Å²) < 4.78 is 6.79. The number of benzene rings is 2. The van der Waals surface area contributed by atoms with Crippen molar-refractivity contribution in [2.24, 2.45) is 5.84 Å². The van der Waals surface area contributed by atoms with E-state index in [1.54, 1.807) is 18.2 Å². The molecule has 0 radical (unpaired) electrons. The molecule has 19 heavy (non-hydrogen) atoms. The summed E-state index contributed by atoms with van der Waals surface area (Å²) in [6, 6.07) is 15.0. The molecule has 0 atom stereocenters. The van der Waals surface area contributed by atoms with Crippen molar-refractivity contribution in [3.8, 4) is 5.75 Å². The van der Waals surface area contributed by atoms with Gasteiger partial charge in [0.05, 0.1) is 0 Å². The van der Waals surface area contributed by atoms with Gasteiger partial charge in [0.2, 0.25) is 0 Å². The van der Waals surface area contributed by atoms with E-state index in [0.717, 1.165) is 14.9 Å². The lowest BCUT2D eigenvalue weighted by Gasteiger charge is -2.08. The van der Waals surface area contributed by atoms with Gasteiger partial charge in [-0.3, -0.25) is 10.2 Å². The zero-order chi connectivity index (χ0) is 13.7. The number of amides is 1. The lowest BCUT2D eigenvalue weighted by Crippen LogP contribution is -2.30. The highest BCUT2D eigenvalue weighted by Gasteiger charge is 2.04. The lowest BCUT2D eigenvalue weighted by molar-refractivity contribution is 0.0953. The Bertz CT molecular complexity index is 587. The Kier molecular flexibility index (Phi) is 4.75. The van der Waals surface area contributed by atoms with Crippen LogP contribution in [0.1, 0.15) is 15.9 Å². The molecule has 0 aliphatic carbocycles. The molecule has 0 spiro atoms. The highest BCUT2D eigenvalue weighted by molar-refractivity contribution is 14.1. The summed E-state index contributed by atoms with van der Waals surface area (Å²) in [5, 5.41) is 0. The molecule has 1 amide bonds. The SMILES string of the molecule is NNC(=O)c1cccc(COc2cccc(I)c2)c1. The number of carbonyl (C=O) groups excluding carboxylic acids is 1. The van der Waals surface area contributed by atoms with Gasteiger partial charge in [-0.05, 0) is 58.5 Å². The standard InChI is InChI=1S/C14H13IN2O2/c15-12-5-2-6-13(8-12)19-9-10-3-1-4-11(7-10)14(18)17-16/h1-8H,9,16H2,(H,17,18). The van der Waals surface area contributed by atoms with Gasteiger partial charge in [-0.2, -0.15) is 0 Å². The van der Waals surface area contributed by atoms with Crippen molar-refractivity contribution in [3.05, 3.63) is 63.2 Å². The summed E-state index contributed by atoms with van der Waals surface area (Å²) in [5.41, 5.74) is 3.55. The fraction of sp³-hybridized carbons (Fsp3) is 0.0714. The number of rotatable bonds is 4. The minimum Gasteiger partial charge on any atom is -0.489 e. The molecule has 98 valence electrons. The third-order valence-corrected chi connectivity index (χ3v) is 3.19. The lowest BCUT2D eigenvalue weighted by atomic mass is 10.1. The molecule has 0 saturated carbocycles. The number of nitrogens with one attached hydrogen (secondary N) is 1. The van der Waals surface area contributed by atoms with E-state index in [1.807, 2.05) is 30.3 Å². The van der Waals surface area contributed by atoms with E-state index in [9.17, 15) is 4.79 Å². The van der Waals surface area contributed by atoms with Crippen molar-refractivity contribution in [1.82, 2.24) is 5.43 Å². The largest absolute Gasteiger partial charge is 0.489 e. The number of nitrogen functional groups attached to an aromatic ring is 1. The Morgan fingerprint density at radius 2 is 2.00 bits per heavy atom. The van der Waals surface area contributed by atoms with E-state index in [1.165, 1.54) is 0 Å². The van der Waals surface area contributed by atoms with Gasteiger partial charge in [0, 0.05) is 9.13 Å². The first-order chi connectivity index (χ1) is 9.19. The Labute approximate surface area is 125 Å². The van der Waals surface area contributed by atoms with Crippen LogP contribution in [-0.4, -0.2) is 5.91 Å². The van der Waals surface area contributed by atoms with Crippen LogP contribution in [0, 0.1) is 3.57 Å². The highest BCUT2D eigenvalue weighted by atomic mass is 127. The number of hydrazine groups is 1. The van der Waals surface area contributed by atoms with Crippen LogP contribution in [0.5, 0.6) is 5.75 Å². The van der Waals surface area contributed by atoms with Crippen LogP contribution in [0.4, 0.5) is 0 Å². The minimum absolute atomic E-state index is 0.309. The number of halogens is 1. The maximum atomic E-state index is 11.4. The van der Waals surface area contributed by atoms with Gasteiger partial charge in [0.15, 0.2) is 0 Å². The number of hydrogen-bond acceptors (Lipinski definition) is 3. The normalized spacial score (nSPS) is 10.0. The van der Waals surface area contributed by atoms with Crippen LogP contribution in [0.25, 0.3) is 0 Å². The summed E-state index contributed by atoms with van der Waals surface area (Å²) in [7, 11) is 0. The van der Waals surface area contributed by atoms with Gasteiger partial charge in [0.25, 0.3) is 5.91 Å². The zero-order valence-corrected chi connectivity index (χ0v) is 12.3. The van der Waals surface area contributed by atoms with Gasteiger partial charge < -0.3 is 4.74 Å². The van der Waals surface area contributed by atoms with Gasteiger partial charge >= 0.3 is 0 Å². The number of hydrogen-bond donors (Lipinski definition) is 2. The first kappa shape index (κ1) is 13.8. The quantitative estimate of drug-likeness (QED) is 0.377. The third-order valence-electron chi connectivity index (χ3n) is 2.52. The topological polar surface area (TPSA) is 64.3 Å². The van der Waals surface area contributed by atoms with Crippen molar-refractivity contribution in [3.63, 3.8) is 0 Å². The Hall–Kier alpha value is -1.60. The Morgan fingerprint density at radius 3 is 2.74 bits per heavy atom. The second-order valence-electron chi connectivity index (χ2n) is 3.92. The van der Waals surface area contributed by atoms with Crippen molar-refractivity contribution < 1.29 is 9.53 Å². The van der Waals surface area contributed by atoms with E-state index in [4.69, 9.17) is 10.6 Å². The molecule has 4 nitrogen and oxygen atoms in total. The summed E-state index contributed by atoms with van der Waals surface area (Å²) in [4.78, 5) is 11.4. The molecule has 2 aromatic carbocycles. The molecule has 0 saturated heterocycles. The smallest absolute Gasteiger partial charge is 0.265 e. The summed E-state index contributed by atoms with van der Waals surface area (Å²) in [6.45, 7) is 0.409.